The lowest BCUT2D eigenvalue weighted by Gasteiger charge is -2.26. The summed E-state index contributed by atoms with van der Waals surface area (Å²) in [7, 11) is 0. The van der Waals surface area contributed by atoms with E-state index in [1.54, 1.807) is 0 Å². The second-order valence-corrected chi connectivity index (χ2v) is 3.67. The van der Waals surface area contributed by atoms with Gasteiger partial charge in [-0.05, 0) is 6.42 Å². The average molecular weight is 195 g/mol. The molecule has 0 aromatic heterocycles. The third-order valence-corrected chi connectivity index (χ3v) is 2.83. The van der Waals surface area contributed by atoms with Gasteiger partial charge in [0.05, 0.1) is 13.2 Å². The van der Waals surface area contributed by atoms with E-state index in [-0.39, 0.29) is 13.2 Å². The molecule has 0 unspecified atom stereocenters. The fraction of sp³-hybridized carbons (Fsp3) is 1.00. The van der Waals surface area contributed by atoms with Gasteiger partial charge in [-0.1, -0.05) is 26.2 Å². The van der Waals surface area contributed by atoms with Crippen LogP contribution in [0.5, 0.6) is 0 Å². The average Bonchev–Trinajstić information content (AvgIpc) is 2.14. The van der Waals surface area contributed by atoms with E-state index in [9.17, 15) is 0 Å². The molecule has 0 aliphatic carbocycles. The Balaban J connectivity index is 3.76. The topological polar surface area (TPSA) is 40.5 Å². The summed E-state index contributed by atoms with van der Waals surface area (Å²) >= 11 is 5.68. The number of alkyl halides is 1. The van der Waals surface area contributed by atoms with Gasteiger partial charge in [0.25, 0.3) is 0 Å². The number of halogens is 1. The highest BCUT2D eigenvalue weighted by atomic mass is 35.5. The van der Waals surface area contributed by atoms with Crippen molar-refractivity contribution in [1.29, 1.82) is 0 Å². The lowest BCUT2D eigenvalue weighted by Crippen LogP contribution is -2.31. The van der Waals surface area contributed by atoms with Crippen LogP contribution in [0.2, 0.25) is 0 Å². The maximum Gasteiger partial charge on any atom is 0.0520 e. The summed E-state index contributed by atoms with van der Waals surface area (Å²) in [5.74, 6) is 0.337. The highest BCUT2D eigenvalue weighted by Gasteiger charge is 2.26. The quantitative estimate of drug-likeness (QED) is 0.479. The second-order valence-electron chi connectivity index (χ2n) is 3.41. The van der Waals surface area contributed by atoms with Gasteiger partial charge in [0.1, 0.15) is 0 Å². The number of aliphatic hydroxyl groups is 2. The summed E-state index contributed by atoms with van der Waals surface area (Å²) in [6, 6.07) is 0. The number of hydrogen-bond acceptors (Lipinski definition) is 2. The molecule has 0 amide bonds. The molecular weight excluding hydrogens is 176 g/mol. The molecule has 2 N–H and O–H groups in total. The molecule has 0 saturated heterocycles. The van der Waals surface area contributed by atoms with Crippen molar-refractivity contribution in [3.8, 4) is 0 Å². The first-order valence-electron chi connectivity index (χ1n) is 4.52. The summed E-state index contributed by atoms with van der Waals surface area (Å²) in [5.41, 5.74) is -0.448. The van der Waals surface area contributed by atoms with E-state index in [1.165, 1.54) is 0 Å². The zero-order valence-electron chi connectivity index (χ0n) is 7.72. The Labute approximate surface area is 79.6 Å². The minimum atomic E-state index is -0.448. The molecule has 0 aliphatic heterocycles. The van der Waals surface area contributed by atoms with Gasteiger partial charge < -0.3 is 10.2 Å². The van der Waals surface area contributed by atoms with Gasteiger partial charge in [-0.3, -0.25) is 0 Å². The molecule has 0 rings (SSSR count). The van der Waals surface area contributed by atoms with Crippen molar-refractivity contribution in [3.63, 3.8) is 0 Å². The summed E-state index contributed by atoms with van der Waals surface area (Å²) < 4.78 is 0. The summed E-state index contributed by atoms with van der Waals surface area (Å²) in [6.07, 6.45) is 4.13. The molecule has 2 nitrogen and oxygen atoms in total. The first-order chi connectivity index (χ1) is 5.74. The van der Waals surface area contributed by atoms with Gasteiger partial charge in [-0.15, -0.1) is 11.6 Å². The van der Waals surface area contributed by atoms with Crippen LogP contribution in [0.4, 0.5) is 0 Å². The Hall–Kier alpha value is 0.210. The Morgan fingerprint density at radius 3 is 2.08 bits per heavy atom. The number of rotatable bonds is 7. The van der Waals surface area contributed by atoms with Crippen molar-refractivity contribution in [2.75, 3.05) is 19.1 Å². The standard InChI is InChI=1S/C9H19ClO2/c1-2-3-4-5-9(6-10,7-11)8-12/h11-12H,2-8H2,1H3. The smallest absolute Gasteiger partial charge is 0.0520 e. The first kappa shape index (κ1) is 12.2. The van der Waals surface area contributed by atoms with E-state index in [4.69, 9.17) is 21.8 Å². The van der Waals surface area contributed by atoms with Gasteiger partial charge in [-0.2, -0.15) is 0 Å². The molecule has 0 aliphatic rings. The molecule has 0 aromatic rings. The summed E-state index contributed by atoms with van der Waals surface area (Å²) in [6.45, 7) is 2.09. The van der Waals surface area contributed by atoms with Crippen molar-refractivity contribution < 1.29 is 10.2 Å². The van der Waals surface area contributed by atoms with Crippen LogP contribution in [-0.2, 0) is 0 Å². The van der Waals surface area contributed by atoms with E-state index in [0.717, 1.165) is 25.7 Å². The normalized spacial score (nSPS) is 12.0. The largest absolute Gasteiger partial charge is 0.396 e. The number of unbranched alkanes of at least 4 members (excludes halogenated alkanes) is 2. The predicted molar refractivity (Wildman–Crippen MR) is 51.5 cm³/mol. The molecule has 3 heteroatoms. The SMILES string of the molecule is CCCCCC(CO)(CO)CCl. The van der Waals surface area contributed by atoms with Gasteiger partial charge in [0.15, 0.2) is 0 Å². The molecule has 0 aromatic carbocycles. The van der Waals surface area contributed by atoms with E-state index < -0.39 is 5.41 Å². The minimum Gasteiger partial charge on any atom is -0.396 e. The highest BCUT2D eigenvalue weighted by molar-refractivity contribution is 6.18. The second kappa shape index (κ2) is 6.70. The predicted octanol–water partition coefficient (Wildman–Crippen LogP) is 1.78. The Kier molecular flexibility index (Phi) is 6.81. The van der Waals surface area contributed by atoms with Gasteiger partial charge in [-0.25, -0.2) is 0 Å². The van der Waals surface area contributed by atoms with Crippen molar-refractivity contribution in [2.45, 2.75) is 32.6 Å². The van der Waals surface area contributed by atoms with Crippen LogP contribution in [0.3, 0.4) is 0 Å². The van der Waals surface area contributed by atoms with E-state index >= 15 is 0 Å². The third kappa shape index (κ3) is 3.74. The van der Waals surface area contributed by atoms with E-state index in [1.807, 2.05) is 0 Å². The van der Waals surface area contributed by atoms with Crippen LogP contribution in [-0.4, -0.2) is 29.3 Å². The maximum atomic E-state index is 9.03. The lowest BCUT2D eigenvalue weighted by molar-refractivity contribution is 0.0635. The number of hydrogen-bond donors (Lipinski definition) is 2. The molecule has 74 valence electrons. The lowest BCUT2D eigenvalue weighted by atomic mass is 9.86. The molecule has 0 saturated carbocycles. The molecule has 0 heterocycles. The molecule has 0 fully saturated rings. The zero-order valence-corrected chi connectivity index (χ0v) is 8.48. The van der Waals surface area contributed by atoms with Crippen LogP contribution in [0.25, 0.3) is 0 Å². The molecular formula is C9H19ClO2. The van der Waals surface area contributed by atoms with Gasteiger partial charge >= 0.3 is 0 Å². The minimum absolute atomic E-state index is 0.0171. The third-order valence-electron chi connectivity index (χ3n) is 2.26. The zero-order chi connectivity index (χ0) is 9.45. The molecule has 0 spiro atoms. The van der Waals surface area contributed by atoms with Crippen LogP contribution in [0.1, 0.15) is 32.6 Å². The first-order valence-corrected chi connectivity index (χ1v) is 5.06. The van der Waals surface area contributed by atoms with E-state index in [0.29, 0.717) is 5.88 Å². The van der Waals surface area contributed by atoms with Gasteiger partial charge in [0, 0.05) is 11.3 Å². The monoisotopic (exact) mass is 194 g/mol. The number of aliphatic hydroxyl groups excluding tert-OH is 2. The summed E-state index contributed by atoms with van der Waals surface area (Å²) in [5, 5.41) is 18.1. The fourth-order valence-corrected chi connectivity index (χ4v) is 1.41. The van der Waals surface area contributed by atoms with Crippen molar-refractivity contribution in [2.24, 2.45) is 5.41 Å². The van der Waals surface area contributed by atoms with Crippen LogP contribution in [0, 0.1) is 5.41 Å². The molecule has 0 atom stereocenters. The Morgan fingerprint density at radius 1 is 1.17 bits per heavy atom. The van der Waals surface area contributed by atoms with Crippen LogP contribution in [0.15, 0.2) is 0 Å². The highest BCUT2D eigenvalue weighted by Crippen LogP contribution is 2.25. The van der Waals surface area contributed by atoms with Crippen LogP contribution < -0.4 is 0 Å². The summed E-state index contributed by atoms with van der Waals surface area (Å²) in [4.78, 5) is 0. The molecule has 0 bridgehead atoms. The Bertz CT molecular complexity index is 94.4. The fourth-order valence-electron chi connectivity index (χ4n) is 1.11. The van der Waals surface area contributed by atoms with Gasteiger partial charge in [0.2, 0.25) is 0 Å². The molecule has 0 radical (unpaired) electrons. The van der Waals surface area contributed by atoms with Crippen molar-refractivity contribution in [1.82, 2.24) is 0 Å². The van der Waals surface area contributed by atoms with E-state index in [2.05, 4.69) is 6.92 Å². The molecule has 12 heavy (non-hydrogen) atoms. The van der Waals surface area contributed by atoms with Crippen molar-refractivity contribution >= 4 is 11.6 Å². The maximum absolute atomic E-state index is 9.03. The van der Waals surface area contributed by atoms with Crippen LogP contribution >= 0.6 is 11.6 Å². The van der Waals surface area contributed by atoms with Crippen molar-refractivity contribution in [3.05, 3.63) is 0 Å². The Morgan fingerprint density at radius 2 is 1.75 bits per heavy atom.